The van der Waals surface area contributed by atoms with Crippen molar-refractivity contribution in [1.82, 2.24) is 25.1 Å². The molecule has 0 radical (unpaired) electrons. The number of halogens is 2. The maximum Gasteiger partial charge on any atom is 0.254 e. The summed E-state index contributed by atoms with van der Waals surface area (Å²) in [5.74, 6) is -1.87. The molecule has 0 saturated carbocycles. The smallest absolute Gasteiger partial charge is 0.254 e. The summed E-state index contributed by atoms with van der Waals surface area (Å²) in [6.07, 6.45) is 4.83. The number of benzene rings is 1. The van der Waals surface area contributed by atoms with Crippen LogP contribution >= 0.6 is 0 Å². The van der Waals surface area contributed by atoms with Crippen LogP contribution in [0.25, 0.3) is 11.2 Å². The van der Waals surface area contributed by atoms with Crippen LogP contribution in [0.2, 0.25) is 0 Å². The number of hydrogen-bond acceptors (Lipinski definition) is 4. The zero-order chi connectivity index (χ0) is 17.4. The Morgan fingerprint density at radius 3 is 2.72 bits per heavy atom. The van der Waals surface area contributed by atoms with E-state index in [4.69, 9.17) is 0 Å². The molecule has 1 atom stereocenters. The standard InChI is InChI=1S/C17H15F2N5O/c18-12-6-11(7-13(19)8-12)17(25)24-5-1-2-10(9-24)14-15-16(23-22-14)21-4-3-20-15/h3-4,6-8,10H,1-2,5,9H2,(H,21,22,23)/t10-/m1/s1. The summed E-state index contributed by atoms with van der Waals surface area (Å²) in [5.41, 5.74) is 2.09. The number of fused-ring (bicyclic) bond motifs is 1. The lowest BCUT2D eigenvalue weighted by Gasteiger charge is -2.32. The number of amides is 1. The molecule has 25 heavy (non-hydrogen) atoms. The molecule has 1 N–H and O–H groups in total. The molecule has 2 aromatic heterocycles. The fourth-order valence-corrected chi connectivity index (χ4v) is 3.31. The lowest BCUT2D eigenvalue weighted by Crippen LogP contribution is -2.39. The van der Waals surface area contributed by atoms with Crippen molar-refractivity contribution in [3.8, 4) is 0 Å². The zero-order valence-corrected chi connectivity index (χ0v) is 13.2. The second kappa shape index (κ2) is 6.19. The van der Waals surface area contributed by atoms with Crippen molar-refractivity contribution in [1.29, 1.82) is 0 Å². The molecule has 4 rings (SSSR count). The van der Waals surface area contributed by atoms with Crippen molar-refractivity contribution < 1.29 is 13.6 Å². The highest BCUT2D eigenvalue weighted by Crippen LogP contribution is 2.29. The fraction of sp³-hybridized carbons (Fsp3) is 0.294. The molecule has 0 spiro atoms. The number of nitrogens with zero attached hydrogens (tertiary/aromatic N) is 4. The Morgan fingerprint density at radius 2 is 1.92 bits per heavy atom. The average molecular weight is 343 g/mol. The van der Waals surface area contributed by atoms with Crippen LogP contribution in [0, 0.1) is 11.6 Å². The summed E-state index contributed by atoms with van der Waals surface area (Å²) >= 11 is 0. The van der Waals surface area contributed by atoms with E-state index in [9.17, 15) is 13.6 Å². The first-order chi connectivity index (χ1) is 12.1. The van der Waals surface area contributed by atoms with Crippen LogP contribution in [-0.4, -0.2) is 44.1 Å². The van der Waals surface area contributed by atoms with E-state index < -0.39 is 11.6 Å². The number of carbonyl (C=O) groups is 1. The van der Waals surface area contributed by atoms with Gasteiger partial charge in [0.1, 0.15) is 17.2 Å². The van der Waals surface area contributed by atoms with Gasteiger partial charge < -0.3 is 4.90 Å². The van der Waals surface area contributed by atoms with Crippen LogP contribution in [0.1, 0.15) is 34.8 Å². The van der Waals surface area contributed by atoms with Crippen molar-refractivity contribution in [3.05, 3.63) is 53.5 Å². The zero-order valence-electron chi connectivity index (χ0n) is 13.2. The van der Waals surface area contributed by atoms with Gasteiger partial charge in [0.2, 0.25) is 0 Å². The van der Waals surface area contributed by atoms with E-state index in [-0.39, 0.29) is 17.4 Å². The largest absolute Gasteiger partial charge is 0.338 e. The molecule has 8 heteroatoms. The van der Waals surface area contributed by atoms with Gasteiger partial charge in [-0.2, -0.15) is 5.10 Å². The number of hydrogen-bond donors (Lipinski definition) is 1. The van der Waals surface area contributed by atoms with Crippen LogP contribution in [0.5, 0.6) is 0 Å². The van der Waals surface area contributed by atoms with Crippen molar-refractivity contribution >= 4 is 17.1 Å². The molecule has 1 aromatic carbocycles. The highest BCUT2D eigenvalue weighted by atomic mass is 19.1. The Hall–Kier alpha value is -2.90. The SMILES string of the molecule is O=C(c1cc(F)cc(F)c1)N1CCC[C@@H](c2[nH]nc3nccnc23)C1. The molecule has 0 aliphatic carbocycles. The van der Waals surface area contributed by atoms with Gasteiger partial charge in [-0.1, -0.05) is 0 Å². The molecule has 0 bridgehead atoms. The summed E-state index contributed by atoms with van der Waals surface area (Å²) in [4.78, 5) is 22.7. The lowest BCUT2D eigenvalue weighted by molar-refractivity contribution is 0.0705. The van der Waals surface area contributed by atoms with E-state index in [0.29, 0.717) is 24.3 Å². The van der Waals surface area contributed by atoms with Crippen molar-refractivity contribution in [3.63, 3.8) is 0 Å². The maximum absolute atomic E-state index is 13.4. The maximum atomic E-state index is 13.4. The van der Waals surface area contributed by atoms with Crippen molar-refractivity contribution in [2.45, 2.75) is 18.8 Å². The predicted molar refractivity (Wildman–Crippen MR) is 85.9 cm³/mol. The molecular formula is C17H15F2N5O. The van der Waals surface area contributed by atoms with Gasteiger partial charge in [-0.15, -0.1) is 0 Å². The van der Waals surface area contributed by atoms with E-state index in [1.54, 1.807) is 17.3 Å². The highest BCUT2D eigenvalue weighted by Gasteiger charge is 2.28. The number of rotatable bonds is 2. The van der Waals surface area contributed by atoms with Crippen LogP contribution in [0.15, 0.2) is 30.6 Å². The van der Waals surface area contributed by atoms with Crippen LogP contribution < -0.4 is 0 Å². The van der Waals surface area contributed by atoms with Gasteiger partial charge in [-0.3, -0.25) is 9.89 Å². The van der Waals surface area contributed by atoms with E-state index >= 15 is 0 Å². The Bertz CT molecular complexity index is 921. The van der Waals surface area contributed by atoms with E-state index in [0.717, 1.165) is 36.7 Å². The Kier molecular flexibility index (Phi) is 3.87. The molecule has 0 unspecified atom stereocenters. The predicted octanol–water partition coefficient (Wildman–Crippen LogP) is 2.65. The van der Waals surface area contributed by atoms with E-state index in [1.807, 2.05) is 0 Å². The molecule has 3 heterocycles. The third-order valence-corrected chi connectivity index (χ3v) is 4.44. The Balaban J connectivity index is 1.59. The molecular weight excluding hydrogens is 328 g/mol. The first kappa shape index (κ1) is 15.6. The van der Waals surface area contributed by atoms with Crippen LogP contribution in [-0.2, 0) is 0 Å². The van der Waals surface area contributed by atoms with E-state index in [2.05, 4.69) is 20.2 Å². The topological polar surface area (TPSA) is 74.8 Å². The number of likely N-dealkylation sites (tertiary alicyclic amines) is 1. The number of aromatic amines is 1. The molecule has 128 valence electrons. The minimum atomic E-state index is -0.758. The molecule has 1 amide bonds. The van der Waals surface area contributed by atoms with Gasteiger partial charge in [0.25, 0.3) is 5.91 Å². The first-order valence-electron chi connectivity index (χ1n) is 8.02. The van der Waals surface area contributed by atoms with E-state index in [1.165, 1.54) is 0 Å². The Morgan fingerprint density at radius 1 is 1.16 bits per heavy atom. The summed E-state index contributed by atoms with van der Waals surface area (Å²) in [6.45, 7) is 0.982. The number of nitrogens with one attached hydrogen (secondary N) is 1. The minimum Gasteiger partial charge on any atom is -0.338 e. The Labute approximate surface area is 141 Å². The second-order valence-corrected chi connectivity index (χ2v) is 6.11. The summed E-state index contributed by atoms with van der Waals surface area (Å²) in [6, 6.07) is 2.88. The third kappa shape index (κ3) is 2.95. The van der Waals surface area contributed by atoms with Gasteiger partial charge in [0.05, 0.1) is 5.69 Å². The molecule has 1 saturated heterocycles. The average Bonchev–Trinajstić information content (AvgIpc) is 3.04. The molecule has 3 aromatic rings. The van der Waals surface area contributed by atoms with Gasteiger partial charge in [-0.05, 0) is 25.0 Å². The molecule has 1 aliphatic heterocycles. The van der Waals surface area contributed by atoms with Gasteiger partial charge >= 0.3 is 0 Å². The van der Waals surface area contributed by atoms with Crippen LogP contribution in [0.4, 0.5) is 8.78 Å². The summed E-state index contributed by atoms with van der Waals surface area (Å²) < 4.78 is 26.8. The number of H-pyrrole nitrogens is 1. The minimum absolute atomic E-state index is 0.0208. The summed E-state index contributed by atoms with van der Waals surface area (Å²) in [7, 11) is 0. The van der Waals surface area contributed by atoms with Crippen LogP contribution in [0.3, 0.4) is 0 Å². The van der Waals surface area contributed by atoms with Gasteiger partial charge in [-0.25, -0.2) is 18.7 Å². The second-order valence-electron chi connectivity index (χ2n) is 6.11. The number of aromatic nitrogens is 4. The lowest BCUT2D eigenvalue weighted by atomic mass is 9.93. The number of carbonyl (C=O) groups excluding carboxylic acids is 1. The highest BCUT2D eigenvalue weighted by molar-refractivity contribution is 5.94. The molecule has 1 fully saturated rings. The van der Waals surface area contributed by atoms with Gasteiger partial charge in [0, 0.05) is 43.0 Å². The fourth-order valence-electron chi connectivity index (χ4n) is 3.31. The van der Waals surface area contributed by atoms with Gasteiger partial charge in [0.15, 0.2) is 5.65 Å². The molecule has 1 aliphatic rings. The molecule has 6 nitrogen and oxygen atoms in total. The monoisotopic (exact) mass is 343 g/mol. The number of piperidine rings is 1. The van der Waals surface area contributed by atoms with Crippen molar-refractivity contribution in [2.75, 3.05) is 13.1 Å². The normalized spacial score (nSPS) is 17.8. The first-order valence-corrected chi connectivity index (χ1v) is 8.02. The third-order valence-electron chi connectivity index (χ3n) is 4.44. The quantitative estimate of drug-likeness (QED) is 0.776. The summed E-state index contributed by atoms with van der Waals surface area (Å²) in [5, 5.41) is 7.11. The van der Waals surface area contributed by atoms with Crippen molar-refractivity contribution in [2.24, 2.45) is 0 Å².